The highest BCUT2D eigenvalue weighted by atomic mass is 35.5. The summed E-state index contributed by atoms with van der Waals surface area (Å²) in [7, 11) is 2.51. The molecule has 1 heterocycles. The first-order chi connectivity index (χ1) is 18.2. The SMILES string of the molecule is COC(=O)CNc1ccc(CCOC(=O)c2c(C)nc(C)c(C(=O)OC)c2-c2cccc([N+](=O)[O-])c2)cc1.Cl. The Bertz CT molecular complexity index is 1380. The summed E-state index contributed by atoms with van der Waals surface area (Å²) >= 11 is 0. The third-order valence-electron chi connectivity index (χ3n) is 5.74. The molecule has 0 aliphatic heterocycles. The minimum absolute atomic E-state index is 0. The fraction of sp³-hybridized carbons (Fsp3) is 0.259. The molecule has 1 N–H and O–H groups in total. The highest BCUT2D eigenvalue weighted by Crippen LogP contribution is 2.34. The van der Waals surface area contributed by atoms with Crippen molar-refractivity contribution in [2.75, 3.05) is 32.7 Å². The second kappa shape index (κ2) is 13.9. The summed E-state index contributed by atoms with van der Waals surface area (Å²) in [6.45, 7) is 3.27. The molecule has 206 valence electrons. The van der Waals surface area contributed by atoms with Crippen LogP contribution < -0.4 is 5.32 Å². The van der Waals surface area contributed by atoms with E-state index in [9.17, 15) is 24.5 Å². The Labute approximate surface area is 231 Å². The Kier molecular flexibility index (Phi) is 10.9. The van der Waals surface area contributed by atoms with Gasteiger partial charge < -0.3 is 19.5 Å². The van der Waals surface area contributed by atoms with Crippen LogP contribution in [0.1, 0.15) is 37.7 Å². The van der Waals surface area contributed by atoms with Gasteiger partial charge in [-0.3, -0.25) is 19.9 Å². The van der Waals surface area contributed by atoms with E-state index in [4.69, 9.17) is 9.47 Å². The number of pyridine rings is 1. The van der Waals surface area contributed by atoms with Crippen LogP contribution in [0.15, 0.2) is 48.5 Å². The molecule has 0 amide bonds. The summed E-state index contributed by atoms with van der Waals surface area (Å²) in [6.07, 6.45) is 0.400. The second-order valence-corrected chi connectivity index (χ2v) is 8.22. The van der Waals surface area contributed by atoms with E-state index < -0.39 is 16.9 Å². The number of esters is 3. The van der Waals surface area contributed by atoms with Crippen molar-refractivity contribution in [3.05, 3.63) is 86.7 Å². The van der Waals surface area contributed by atoms with Crippen molar-refractivity contribution in [2.24, 2.45) is 0 Å². The number of ether oxygens (including phenoxy) is 3. The van der Waals surface area contributed by atoms with Crippen LogP contribution in [-0.4, -0.2) is 55.2 Å². The predicted octanol–water partition coefficient (Wildman–Crippen LogP) is 4.47. The van der Waals surface area contributed by atoms with Gasteiger partial charge in [0.25, 0.3) is 5.69 Å². The molecule has 12 heteroatoms. The Balaban J connectivity index is 0.00000533. The number of carbonyl (C=O) groups is 3. The van der Waals surface area contributed by atoms with Crippen LogP contribution >= 0.6 is 12.4 Å². The molecule has 2 aromatic carbocycles. The summed E-state index contributed by atoms with van der Waals surface area (Å²) < 4.78 is 15.1. The van der Waals surface area contributed by atoms with Gasteiger partial charge in [0.2, 0.25) is 0 Å². The number of anilines is 1. The third-order valence-corrected chi connectivity index (χ3v) is 5.74. The lowest BCUT2D eigenvalue weighted by Gasteiger charge is -2.17. The molecule has 3 rings (SSSR count). The number of halogens is 1. The third kappa shape index (κ3) is 7.51. The largest absolute Gasteiger partial charge is 0.468 e. The van der Waals surface area contributed by atoms with Crippen molar-refractivity contribution in [3.8, 4) is 11.1 Å². The summed E-state index contributed by atoms with van der Waals surface area (Å²) in [5, 5.41) is 14.3. The molecule has 0 atom stereocenters. The number of nitrogens with zero attached hydrogens (tertiary/aromatic N) is 2. The zero-order valence-electron chi connectivity index (χ0n) is 21.8. The van der Waals surface area contributed by atoms with E-state index in [0.29, 0.717) is 17.8 Å². The number of rotatable bonds is 10. The fourth-order valence-corrected chi connectivity index (χ4v) is 3.88. The van der Waals surface area contributed by atoms with Gasteiger partial charge in [0.15, 0.2) is 0 Å². The van der Waals surface area contributed by atoms with Gasteiger partial charge >= 0.3 is 17.9 Å². The fourth-order valence-electron chi connectivity index (χ4n) is 3.88. The van der Waals surface area contributed by atoms with Crippen molar-refractivity contribution in [2.45, 2.75) is 20.3 Å². The van der Waals surface area contributed by atoms with Crippen LogP contribution in [-0.2, 0) is 25.4 Å². The molecule has 0 aliphatic carbocycles. The van der Waals surface area contributed by atoms with Crippen LogP contribution in [0.2, 0.25) is 0 Å². The number of benzene rings is 2. The average Bonchev–Trinajstić information content (AvgIpc) is 2.91. The number of aryl methyl sites for hydroxylation is 2. The summed E-state index contributed by atoms with van der Waals surface area (Å²) in [5.74, 6) is -1.84. The molecule has 0 unspecified atom stereocenters. The number of nitro groups is 1. The predicted molar refractivity (Wildman–Crippen MR) is 145 cm³/mol. The number of nitrogens with one attached hydrogen (secondary N) is 1. The first-order valence-electron chi connectivity index (χ1n) is 11.6. The lowest BCUT2D eigenvalue weighted by molar-refractivity contribution is -0.384. The highest BCUT2D eigenvalue weighted by molar-refractivity contribution is 6.07. The summed E-state index contributed by atoms with van der Waals surface area (Å²) in [6, 6.07) is 12.9. The molecule has 11 nitrogen and oxygen atoms in total. The monoisotopic (exact) mass is 557 g/mol. The molecule has 0 bridgehead atoms. The highest BCUT2D eigenvalue weighted by Gasteiger charge is 2.28. The smallest absolute Gasteiger partial charge is 0.340 e. The van der Waals surface area contributed by atoms with Gasteiger partial charge in [0.1, 0.15) is 6.54 Å². The average molecular weight is 558 g/mol. The van der Waals surface area contributed by atoms with Crippen molar-refractivity contribution in [1.82, 2.24) is 4.98 Å². The summed E-state index contributed by atoms with van der Waals surface area (Å²) in [4.78, 5) is 52.4. The number of carbonyl (C=O) groups excluding carboxylic acids is 3. The van der Waals surface area contributed by atoms with E-state index in [0.717, 1.165) is 11.3 Å². The van der Waals surface area contributed by atoms with E-state index in [1.54, 1.807) is 32.0 Å². The first kappa shape index (κ1) is 30.7. The zero-order chi connectivity index (χ0) is 27.8. The lowest BCUT2D eigenvalue weighted by Crippen LogP contribution is -2.17. The molecule has 0 saturated carbocycles. The maximum Gasteiger partial charge on any atom is 0.340 e. The van der Waals surface area contributed by atoms with Gasteiger partial charge in [-0.1, -0.05) is 24.3 Å². The Morgan fingerprint density at radius 2 is 1.59 bits per heavy atom. The lowest BCUT2D eigenvalue weighted by atomic mass is 9.92. The van der Waals surface area contributed by atoms with E-state index in [2.05, 4.69) is 15.0 Å². The normalized spacial score (nSPS) is 10.2. The van der Waals surface area contributed by atoms with Crippen LogP contribution in [0.3, 0.4) is 0 Å². The van der Waals surface area contributed by atoms with E-state index >= 15 is 0 Å². The topological polar surface area (TPSA) is 147 Å². The number of hydrogen-bond acceptors (Lipinski definition) is 10. The van der Waals surface area contributed by atoms with E-state index in [1.807, 2.05) is 12.1 Å². The molecule has 0 aliphatic rings. The molecule has 1 aromatic heterocycles. The molecule has 3 aromatic rings. The Morgan fingerprint density at radius 3 is 2.18 bits per heavy atom. The van der Waals surface area contributed by atoms with Crippen LogP contribution in [0.4, 0.5) is 11.4 Å². The summed E-state index contributed by atoms with van der Waals surface area (Å²) in [5.41, 5.74) is 2.54. The molecule has 0 spiro atoms. The number of nitro benzene ring substituents is 1. The van der Waals surface area contributed by atoms with Gasteiger partial charge in [-0.05, 0) is 37.1 Å². The first-order valence-corrected chi connectivity index (χ1v) is 11.6. The molecule has 39 heavy (non-hydrogen) atoms. The number of hydrogen-bond donors (Lipinski definition) is 1. The number of methoxy groups -OCH3 is 2. The van der Waals surface area contributed by atoms with Crippen molar-refractivity contribution >= 4 is 41.7 Å². The van der Waals surface area contributed by atoms with Crippen molar-refractivity contribution in [1.29, 1.82) is 0 Å². The zero-order valence-corrected chi connectivity index (χ0v) is 22.6. The number of non-ortho nitro benzene ring substituents is 1. The molecular weight excluding hydrogens is 530 g/mol. The Morgan fingerprint density at radius 1 is 0.949 bits per heavy atom. The molecular formula is C27H28ClN3O8. The van der Waals surface area contributed by atoms with Crippen molar-refractivity contribution in [3.63, 3.8) is 0 Å². The second-order valence-electron chi connectivity index (χ2n) is 8.22. The van der Waals surface area contributed by atoms with Crippen LogP contribution in [0.5, 0.6) is 0 Å². The maximum absolute atomic E-state index is 13.3. The quantitative estimate of drug-likeness (QED) is 0.164. The van der Waals surface area contributed by atoms with E-state index in [1.165, 1.54) is 32.4 Å². The maximum atomic E-state index is 13.3. The minimum Gasteiger partial charge on any atom is -0.468 e. The van der Waals surface area contributed by atoms with Gasteiger partial charge in [0, 0.05) is 29.8 Å². The van der Waals surface area contributed by atoms with E-state index in [-0.39, 0.29) is 59.5 Å². The van der Waals surface area contributed by atoms with Gasteiger partial charge in [-0.25, -0.2) is 9.59 Å². The Hall–Kier alpha value is -4.51. The van der Waals surface area contributed by atoms with Gasteiger partial charge in [-0.15, -0.1) is 12.4 Å². The molecule has 0 fully saturated rings. The standard InChI is InChI=1S/C27H27N3O8.ClH/c1-16-23(26(32)37-4)25(19-6-5-7-21(14-19)30(34)35)24(17(2)29-16)27(33)38-13-12-18-8-10-20(11-9-18)28-15-22(31)36-3;/h5-11,14,28H,12-13,15H2,1-4H3;1H. The minimum atomic E-state index is -0.730. The van der Waals surface area contributed by atoms with Gasteiger partial charge in [0.05, 0.1) is 48.3 Å². The van der Waals surface area contributed by atoms with Crippen LogP contribution in [0.25, 0.3) is 11.1 Å². The molecule has 0 radical (unpaired) electrons. The van der Waals surface area contributed by atoms with Crippen LogP contribution in [0, 0.1) is 24.0 Å². The number of aromatic nitrogens is 1. The van der Waals surface area contributed by atoms with Gasteiger partial charge in [-0.2, -0.15) is 0 Å². The van der Waals surface area contributed by atoms with Crippen molar-refractivity contribution < 1.29 is 33.5 Å². The molecule has 0 saturated heterocycles.